The summed E-state index contributed by atoms with van der Waals surface area (Å²) in [5.41, 5.74) is -0.558. The minimum absolute atomic E-state index is 0.133. The third kappa shape index (κ3) is 3.09. The maximum Gasteiger partial charge on any atom is 0.433 e. The van der Waals surface area contributed by atoms with Crippen LogP contribution in [0.15, 0.2) is 42.5 Å². The van der Waals surface area contributed by atoms with Crippen molar-refractivity contribution in [2.75, 3.05) is 0 Å². The van der Waals surface area contributed by atoms with E-state index in [0.717, 1.165) is 28.2 Å². The Morgan fingerprint density at radius 2 is 1.92 bits per heavy atom. The van der Waals surface area contributed by atoms with Crippen molar-refractivity contribution in [3.8, 4) is 10.6 Å². The van der Waals surface area contributed by atoms with E-state index in [1.54, 1.807) is 0 Å². The molecule has 3 aromatic rings. The molecule has 0 amide bonds. The summed E-state index contributed by atoms with van der Waals surface area (Å²) in [5, 5.41) is 3.84. The van der Waals surface area contributed by atoms with Crippen molar-refractivity contribution < 1.29 is 22.4 Å². The van der Waals surface area contributed by atoms with Gasteiger partial charge in [0.1, 0.15) is 17.2 Å². The molecule has 0 radical (unpaired) electrons. The fourth-order valence-corrected chi connectivity index (χ4v) is 3.15. The number of hydrogen-bond acceptors (Lipinski definition) is 3. The normalized spacial score (nSPS) is 11.7. The molecule has 0 fully saturated rings. The molecule has 1 aromatic carbocycles. The first-order valence-electron chi connectivity index (χ1n) is 6.77. The summed E-state index contributed by atoms with van der Waals surface area (Å²) in [4.78, 5) is 13.0. The Labute approximate surface area is 138 Å². The third-order valence-corrected chi connectivity index (χ3v) is 4.45. The van der Waals surface area contributed by atoms with Gasteiger partial charge in [0, 0.05) is 12.6 Å². The van der Waals surface area contributed by atoms with E-state index in [1.165, 1.54) is 37.4 Å². The highest BCUT2D eigenvalue weighted by atomic mass is 32.1. The molecule has 3 rings (SSSR count). The van der Waals surface area contributed by atoms with Crippen LogP contribution < -0.4 is 0 Å². The average molecular weight is 354 g/mol. The van der Waals surface area contributed by atoms with Gasteiger partial charge in [-0.2, -0.15) is 18.3 Å². The van der Waals surface area contributed by atoms with Crippen LogP contribution >= 0.6 is 11.3 Å². The van der Waals surface area contributed by atoms with E-state index in [-0.39, 0.29) is 11.3 Å². The summed E-state index contributed by atoms with van der Waals surface area (Å²) in [6.07, 6.45) is -4.50. The molecule has 8 heteroatoms. The van der Waals surface area contributed by atoms with Crippen LogP contribution in [0.2, 0.25) is 0 Å². The molecule has 2 heterocycles. The molecule has 0 aliphatic carbocycles. The van der Waals surface area contributed by atoms with Crippen LogP contribution in [0.1, 0.15) is 20.9 Å². The lowest BCUT2D eigenvalue weighted by Gasteiger charge is -2.04. The number of aryl methyl sites for hydroxylation is 1. The number of alkyl halides is 3. The first-order valence-corrected chi connectivity index (χ1v) is 7.59. The van der Waals surface area contributed by atoms with Crippen molar-refractivity contribution in [3.63, 3.8) is 0 Å². The van der Waals surface area contributed by atoms with Crippen LogP contribution in [0.25, 0.3) is 10.6 Å². The summed E-state index contributed by atoms with van der Waals surface area (Å²) in [6, 6.07) is 9.20. The zero-order chi connectivity index (χ0) is 17.5. The standard InChI is InChI=1S/C16H10F4N2OS/c1-22-14(16(18,19)20)8-11(21-22)12-5-6-13(24-12)15(23)9-3-2-4-10(17)7-9/h2-8H,1H3. The van der Waals surface area contributed by atoms with Gasteiger partial charge in [0.25, 0.3) is 0 Å². The monoisotopic (exact) mass is 354 g/mol. The van der Waals surface area contributed by atoms with Gasteiger partial charge in [-0.05, 0) is 30.3 Å². The van der Waals surface area contributed by atoms with Crippen LogP contribution in [-0.4, -0.2) is 15.6 Å². The number of carbonyl (C=O) groups excluding carboxylic acids is 1. The minimum atomic E-state index is -4.50. The van der Waals surface area contributed by atoms with E-state index >= 15 is 0 Å². The van der Waals surface area contributed by atoms with Crippen molar-refractivity contribution in [3.05, 3.63) is 64.4 Å². The van der Waals surface area contributed by atoms with Crippen LogP contribution in [0.4, 0.5) is 17.6 Å². The van der Waals surface area contributed by atoms with E-state index in [4.69, 9.17) is 0 Å². The second kappa shape index (κ2) is 5.86. The summed E-state index contributed by atoms with van der Waals surface area (Å²) in [7, 11) is 1.21. The van der Waals surface area contributed by atoms with Gasteiger partial charge in [0.15, 0.2) is 0 Å². The number of carbonyl (C=O) groups is 1. The van der Waals surface area contributed by atoms with E-state index in [1.807, 2.05) is 0 Å². The Balaban J connectivity index is 1.93. The Morgan fingerprint density at radius 1 is 1.17 bits per heavy atom. The van der Waals surface area contributed by atoms with Crippen molar-refractivity contribution >= 4 is 17.1 Å². The van der Waals surface area contributed by atoms with E-state index < -0.39 is 23.5 Å². The number of nitrogens with zero attached hydrogens (tertiary/aromatic N) is 2. The third-order valence-electron chi connectivity index (χ3n) is 3.34. The van der Waals surface area contributed by atoms with Gasteiger partial charge in [0.05, 0.1) is 9.75 Å². The molecule has 0 aliphatic rings. The lowest BCUT2D eigenvalue weighted by atomic mass is 10.1. The molecule has 0 N–H and O–H groups in total. The van der Waals surface area contributed by atoms with Gasteiger partial charge in [-0.25, -0.2) is 4.39 Å². The molecule has 0 unspecified atom stereocenters. The molecular formula is C16H10F4N2OS. The number of hydrogen-bond donors (Lipinski definition) is 0. The van der Waals surface area contributed by atoms with Gasteiger partial charge >= 0.3 is 6.18 Å². The average Bonchev–Trinajstić information content (AvgIpc) is 3.12. The summed E-state index contributed by atoms with van der Waals surface area (Å²) >= 11 is 1.01. The zero-order valence-corrected chi connectivity index (χ0v) is 13.1. The number of ketones is 1. The first kappa shape index (κ1) is 16.4. The largest absolute Gasteiger partial charge is 0.433 e. The molecule has 2 aromatic heterocycles. The first-order chi connectivity index (χ1) is 11.3. The fourth-order valence-electron chi connectivity index (χ4n) is 2.22. The van der Waals surface area contributed by atoms with Gasteiger partial charge in [-0.3, -0.25) is 9.48 Å². The van der Waals surface area contributed by atoms with E-state index in [2.05, 4.69) is 5.10 Å². The van der Waals surface area contributed by atoms with Crippen LogP contribution in [0, 0.1) is 5.82 Å². The smallest absolute Gasteiger partial charge is 0.288 e. The Hall–Kier alpha value is -2.48. The Kier molecular flexibility index (Phi) is 4.00. The predicted octanol–water partition coefficient (Wildman–Crippen LogP) is 4.54. The molecule has 24 heavy (non-hydrogen) atoms. The summed E-state index contributed by atoms with van der Waals surface area (Å²) in [5.74, 6) is -0.921. The summed E-state index contributed by atoms with van der Waals surface area (Å²) < 4.78 is 52.4. The highest BCUT2D eigenvalue weighted by Gasteiger charge is 2.35. The number of benzene rings is 1. The predicted molar refractivity (Wildman–Crippen MR) is 81.4 cm³/mol. The van der Waals surface area contributed by atoms with Crippen molar-refractivity contribution in [2.24, 2.45) is 7.05 Å². The van der Waals surface area contributed by atoms with Crippen molar-refractivity contribution in [1.29, 1.82) is 0 Å². The van der Waals surface area contributed by atoms with Crippen LogP contribution in [0.5, 0.6) is 0 Å². The van der Waals surface area contributed by atoms with Gasteiger partial charge < -0.3 is 0 Å². The van der Waals surface area contributed by atoms with Gasteiger partial charge in [0.2, 0.25) is 5.78 Å². The van der Waals surface area contributed by atoms with Crippen LogP contribution in [-0.2, 0) is 13.2 Å². The molecule has 0 spiro atoms. The highest BCUT2D eigenvalue weighted by molar-refractivity contribution is 7.17. The second-order valence-corrected chi connectivity index (χ2v) is 6.12. The lowest BCUT2D eigenvalue weighted by molar-refractivity contribution is -0.143. The number of thiophene rings is 1. The SMILES string of the molecule is Cn1nc(-c2ccc(C(=O)c3cccc(F)c3)s2)cc1C(F)(F)F. The number of rotatable bonds is 3. The second-order valence-electron chi connectivity index (χ2n) is 5.04. The maximum atomic E-state index is 13.2. The number of halogens is 4. The van der Waals surface area contributed by atoms with Crippen molar-refractivity contribution in [1.82, 2.24) is 9.78 Å². The highest BCUT2D eigenvalue weighted by Crippen LogP contribution is 2.34. The lowest BCUT2D eigenvalue weighted by Crippen LogP contribution is -2.11. The quantitative estimate of drug-likeness (QED) is 0.511. The Morgan fingerprint density at radius 3 is 2.54 bits per heavy atom. The van der Waals surface area contributed by atoms with Gasteiger partial charge in [-0.1, -0.05) is 12.1 Å². The molecule has 0 aliphatic heterocycles. The van der Waals surface area contributed by atoms with Crippen LogP contribution in [0.3, 0.4) is 0 Å². The molecule has 0 saturated carbocycles. The van der Waals surface area contributed by atoms with Crippen molar-refractivity contribution in [2.45, 2.75) is 6.18 Å². The molecule has 124 valence electrons. The van der Waals surface area contributed by atoms with E-state index in [0.29, 0.717) is 9.75 Å². The molecular weight excluding hydrogens is 344 g/mol. The number of aromatic nitrogens is 2. The molecule has 0 atom stereocenters. The Bertz CT molecular complexity index is 911. The molecule has 3 nitrogen and oxygen atoms in total. The molecule has 0 saturated heterocycles. The zero-order valence-electron chi connectivity index (χ0n) is 12.3. The maximum absolute atomic E-state index is 13.2. The summed E-state index contributed by atoms with van der Waals surface area (Å²) in [6.45, 7) is 0. The van der Waals surface area contributed by atoms with Gasteiger partial charge in [-0.15, -0.1) is 11.3 Å². The minimum Gasteiger partial charge on any atom is -0.288 e. The topological polar surface area (TPSA) is 34.9 Å². The van der Waals surface area contributed by atoms with E-state index in [9.17, 15) is 22.4 Å². The fraction of sp³-hybridized carbons (Fsp3) is 0.125. The molecule has 0 bridgehead atoms.